The predicted molar refractivity (Wildman–Crippen MR) is 59.0 cm³/mol. The van der Waals surface area contributed by atoms with Crippen LogP contribution in [0.3, 0.4) is 0 Å². The van der Waals surface area contributed by atoms with Gasteiger partial charge in [0, 0.05) is 31.5 Å². The van der Waals surface area contributed by atoms with Crippen LogP contribution in [-0.4, -0.2) is 22.4 Å². The lowest BCUT2D eigenvalue weighted by atomic mass is 10.1. The van der Waals surface area contributed by atoms with Crippen molar-refractivity contribution in [3.8, 4) is 0 Å². The van der Waals surface area contributed by atoms with Crippen LogP contribution in [0.5, 0.6) is 0 Å². The number of ether oxygens (including phenoxy) is 1. The van der Waals surface area contributed by atoms with Gasteiger partial charge in [0.1, 0.15) is 6.10 Å². The van der Waals surface area contributed by atoms with E-state index in [1.807, 2.05) is 19.4 Å². The van der Waals surface area contributed by atoms with Crippen LogP contribution in [0.15, 0.2) is 12.4 Å². The van der Waals surface area contributed by atoms with Crippen molar-refractivity contribution in [2.75, 3.05) is 6.61 Å². The second-order valence-corrected chi connectivity index (χ2v) is 3.19. The van der Waals surface area contributed by atoms with E-state index in [4.69, 9.17) is 10.5 Å². The van der Waals surface area contributed by atoms with Crippen molar-refractivity contribution in [2.45, 2.75) is 18.6 Å². The van der Waals surface area contributed by atoms with Gasteiger partial charge < -0.3 is 10.5 Å². The van der Waals surface area contributed by atoms with Gasteiger partial charge in [0.05, 0.1) is 6.20 Å². The first kappa shape index (κ1) is 13.7. The molecule has 0 radical (unpaired) electrons. The van der Waals surface area contributed by atoms with Gasteiger partial charge in [-0.3, -0.25) is 4.68 Å². The molecule has 2 N–H and O–H groups in total. The quantitative estimate of drug-likeness (QED) is 0.798. The lowest BCUT2D eigenvalue weighted by Crippen LogP contribution is -2.23. The first-order valence-corrected chi connectivity index (χ1v) is 4.13. The fraction of sp³-hybridized carbons (Fsp3) is 0.625. The zero-order valence-corrected chi connectivity index (χ0v) is 9.55. The minimum atomic E-state index is 0. The molecule has 6 heteroatoms. The SMILES string of the molecule is Cl.Cl.Cn1cc([C@H]2OCC[C@@H]2N)cn1. The van der Waals surface area contributed by atoms with E-state index >= 15 is 0 Å². The zero-order valence-electron chi connectivity index (χ0n) is 7.92. The summed E-state index contributed by atoms with van der Waals surface area (Å²) >= 11 is 0. The lowest BCUT2D eigenvalue weighted by molar-refractivity contribution is 0.105. The molecule has 4 nitrogen and oxygen atoms in total. The molecule has 14 heavy (non-hydrogen) atoms. The third-order valence-corrected chi connectivity index (χ3v) is 2.19. The zero-order chi connectivity index (χ0) is 8.55. The molecule has 2 heterocycles. The standard InChI is InChI=1S/C8H13N3O.2ClH/c1-11-5-6(4-10-11)8-7(9)2-3-12-8;;/h4-5,7-8H,2-3,9H2,1H3;2*1H/t7-,8+;;/m0../s1. The van der Waals surface area contributed by atoms with Crippen LogP contribution >= 0.6 is 24.8 Å². The van der Waals surface area contributed by atoms with Gasteiger partial charge >= 0.3 is 0 Å². The van der Waals surface area contributed by atoms with Crippen molar-refractivity contribution in [3.63, 3.8) is 0 Å². The molecular formula is C8H15Cl2N3O. The molecule has 2 atom stereocenters. The normalized spacial score (nSPS) is 25.3. The van der Waals surface area contributed by atoms with Gasteiger partial charge in [-0.05, 0) is 6.42 Å². The molecule has 1 fully saturated rings. The minimum Gasteiger partial charge on any atom is -0.372 e. The lowest BCUT2D eigenvalue weighted by Gasteiger charge is -2.11. The third-order valence-electron chi connectivity index (χ3n) is 2.19. The molecule has 1 saturated heterocycles. The Morgan fingerprint density at radius 1 is 1.57 bits per heavy atom. The Balaban J connectivity index is 0.000000845. The van der Waals surface area contributed by atoms with Crippen LogP contribution in [-0.2, 0) is 11.8 Å². The summed E-state index contributed by atoms with van der Waals surface area (Å²) in [7, 11) is 1.89. The Bertz CT molecular complexity index is 279. The number of aromatic nitrogens is 2. The molecule has 0 aromatic carbocycles. The summed E-state index contributed by atoms with van der Waals surface area (Å²) in [5.41, 5.74) is 6.94. The highest BCUT2D eigenvalue weighted by Gasteiger charge is 2.27. The van der Waals surface area contributed by atoms with E-state index < -0.39 is 0 Å². The molecule has 82 valence electrons. The molecule has 1 aliphatic heterocycles. The molecule has 0 spiro atoms. The van der Waals surface area contributed by atoms with Gasteiger partial charge in [0.2, 0.25) is 0 Å². The highest BCUT2D eigenvalue weighted by molar-refractivity contribution is 5.85. The Morgan fingerprint density at radius 2 is 2.29 bits per heavy atom. The van der Waals surface area contributed by atoms with E-state index in [1.54, 1.807) is 4.68 Å². The van der Waals surface area contributed by atoms with E-state index in [-0.39, 0.29) is 37.0 Å². The van der Waals surface area contributed by atoms with Crippen LogP contribution in [0.1, 0.15) is 18.1 Å². The van der Waals surface area contributed by atoms with Gasteiger partial charge in [0.25, 0.3) is 0 Å². The molecule has 0 bridgehead atoms. The molecule has 2 rings (SSSR count). The first-order chi connectivity index (χ1) is 5.77. The van der Waals surface area contributed by atoms with Crippen LogP contribution < -0.4 is 5.73 Å². The van der Waals surface area contributed by atoms with Crippen LogP contribution in [0, 0.1) is 0 Å². The number of rotatable bonds is 1. The van der Waals surface area contributed by atoms with E-state index in [2.05, 4.69) is 5.10 Å². The fourth-order valence-corrected chi connectivity index (χ4v) is 1.54. The van der Waals surface area contributed by atoms with E-state index in [0.717, 1.165) is 18.6 Å². The molecule has 0 unspecified atom stereocenters. The summed E-state index contributed by atoms with van der Waals surface area (Å²) in [5, 5.41) is 4.08. The second-order valence-electron chi connectivity index (χ2n) is 3.19. The maximum Gasteiger partial charge on any atom is 0.101 e. The molecule has 1 aliphatic rings. The summed E-state index contributed by atoms with van der Waals surface area (Å²) in [6.45, 7) is 0.765. The second kappa shape index (κ2) is 5.56. The van der Waals surface area contributed by atoms with Crippen molar-refractivity contribution < 1.29 is 4.74 Å². The highest BCUT2D eigenvalue weighted by Crippen LogP contribution is 2.26. The monoisotopic (exact) mass is 239 g/mol. The molecular weight excluding hydrogens is 225 g/mol. The minimum absolute atomic E-state index is 0. The summed E-state index contributed by atoms with van der Waals surface area (Å²) in [4.78, 5) is 0. The number of nitrogens with two attached hydrogens (primary N) is 1. The fourth-order valence-electron chi connectivity index (χ4n) is 1.54. The maximum atomic E-state index is 5.86. The number of aryl methyl sites for hydroxylation is 1. The number of hydrogen-bond acceptors (Lipinski definition) is 3. The Morgan fingerprint density at radius 3 is 2.71 bits per heavy atom. The number of halogens is 2. The third kappa shape index (κ3) is 2.60. The predicted octanol–water partition coefficient (Wildman–Crippen LogP) is 1.05. The average Bonchev–Trinajstić information content (AvgIpc) is 2.58. The first-order valence-electron chi connectivity index (χ1n) is 4.13. The van der Waals surface area contributed by atoms with Crippen molar-refractivity contribution in [1.29, 1.82) is 0 Å². The topological polar surface area (TPSA) is 53.1 Å². The molecule has 1 aromatic rings. The van der Waals surface area contributed by atoms with Gasteiger partial charge in [-0.25, -0.2) is 0 Å². The Kier molecular flexibility index (Phi) is 5.44. The highest BCUT2D eigenvalue weighted by atomic mass is 35.5. The maximum absolute atomic E-state index is 5.86. The van der Waals surface area contributed by atoms with Gasteiger partial charge in [0.15, 0.2) is 0 Å². The van der Waals surface area contributed by atoms with Crippen molar-refractivity contribution in [1.82, 2.24) is 9.78 Å². The molecule has 0 aliphatic carbocycles. The largest absolute Gasteiger partial charge is 0.372 e. The van der Waals surface area contributed by atoms with Crippen molar-refractivity contribution in [2.24, 2.45) is 12.8 Å². The summed E-state index contributed by atoms with van der Waals surface area (Å²) in [5.74, 6) is 0. The van der Waals surface area contributed by atoms with E-state index in [0.29, 0.717) is 0 Å². The van der Waals surface area contributed by atoms with Crippen molar-refractivity contribution >= 4 is 24.8 Å². The van der Waals surface area contributed by atoms with Gasteiger partial charge in [-0.1, -0.05) is 0 Å². The van der Waals surface area contributed by atoms with Gasteiger partial charge in [-0.15, -0.1) is 24.8 Å². The van der Waals surface area contributed by atoms with Crippen LogP contribution in [0.2, 0.25) is 0 Å². The van der Waals surface area contributed by atoms with Crippen LogP contribution in [0.4, 0.5) is 0 Å². The smallest absolute Gasteiger partial charge is 0.101 e. The van der Waals surface area contributed by atoms with E-state index in [1.165, 1.54) is 0 Å². The van der Waals surface area contributed by atoms with Crippen molar-refractivity contribution in [3.05, 3.63) is 18.0 Å². The molecule has 0 saturated carbocycles. The summed E-state index contributed by atoms with van der Waals surface area (Å²) in [6, 6.07) is 0.134. The summed E-state index contributed by atoms with van der Waals surface area (Å²) < 4.78 is 7.25. The Labute approximate surface area is 95.6 Å². The van der Waals surface area contributed by atoms with Gasteiger partial charge in [-0.2, -0.15) is 5.10 Å². The number of nitrogens with zero attached hydrogens (tertiary/aromatic N) is 2. The Hall–Kier alpha value is -0.290. The van der Waals surface area contributed by atoms with E-state index in [9.17, 15) is 0 Å². The number of hydrogen-bond donors (Lipinski definition) is 1. The molecule has 0 amide bonds. The molecule has 1 aromatic heterocycles. The average molecular weight is 240 g/mol. The van der Waals surface area contributed by atoms with Crippen LogP contribution in [0.25, 0.3) is 0 Å². The summed E-state index contributed by atoms with van der Waals surface area (Å²) in [6.07, 6.45) is 4.77.